The van der Waals surface area contributed by atoms with Crippen LogP contribution in [0.15, 0.2) is 36.4 Å². The van der Waals surface area contributed by atoms with Crippen LogP contribution in [0.2, 0.25) is 0 Å². The van der Waals surface area contributed by atoms with E-state index < -0.39 is 18.0 Å². The number of fused-ring (bicyclic) bond motifs is 1. The summed E-state index contributed by atoms with van der Waals surface area (Å²) in [5.74, 6) is -1.36. The molecule has 2 aromatic carbocycles. The number of rotatable bonds is 6. The third kappa shape index (κ3) is 4.06. The minimum Gasteiger partial charge on any atom is -0.478 e. The second-order valence-corrected chi connectivity index (χ2v) is 5.60. The van der Waals surface area contributed by atoms with Crippen molar-refractivity contribution in [1.82, 2.24) is 5.48 Å². The molecule has 1 atom stereocenters. The van der Waals surface area contributed by atoms with Gasteiger partial charge in [0.15, 0.2) is 0 Å². The highest BCUT2D eigenvalue weighted by molar-refractivity contribution is 6.00. The third-order valence-electron chi connectivity index (χ3n) is 3.58. The van der Waals surface area contributed by atoms with Gasteiger partial charge in [-0.2, -0.15) is 0 Å². The van der Waals surface area contributed by atoms with Crippen LogP contribution in [0, 0.1) is 5.92 Å². The maximum absolute atomic E-state index is 12.1. The Morgan fingerprint density at radius 2 is 1.65 bits per heavy atom. The summed E-state index contributed by atoms with van der Waals surface area (Å²) in [7, 11) is 0. The van der Waals surface area contributed by atoms with Gasteiger partial charge >= 0.3 is 5.97 Å². The van der Waals surface area contributed by atoms with Gasteiger partial charge < -0.3 is 10.2 Å². The van der Waals surface area contributed by atoms with Crippen LogP contribution in [0.25, 0.3) is 10.8 Å². The average Bonchev–Trinajstić information content (AvgIpc) is 2.53. The summed E-state index contributed by atoms with van der Waals surface area (Å²) in [6.45, 7) is 3.57. The Labute approximate surface area is 133 Å². The molecule has 0 spiro atoms. The van der Waals surface area contributed by atoms with Crippen LogP contribution < -0.4 is 5.48 Å². The van der Waals surface area contributed by atoms with E-state index in [1.165, 1.54) is 6.07 Å². The SMILES string of the molecule is CC(C)C(CO)ONC(=O)c1ccc2cc(C(=O)O)ccc2c1. The first-order chi connectivity index (χ1) is 10.9. The summed E-state index contributed by atoms with van der Waals surface area (Å²) in [6, 6.07) is 9.63. The maximum Gasteiger partial charge on any atom is 0.335 e. The molecule has 6 heteroatoms. The van der Waals surface area contributed by atoms with Gasteiger partial charge in [0.05, 0.1) is 12.2 Å². The molecule has 1 unspecified atom stereocenters. The number of hydroxylamine groups is 1. The van der Waals surface area contributed by atoms with Gasteiger partial charge in [0.1, 0.15) is 6.10 Å². The van der Waals surface area contributed by atoms with Gasteiger partial charge in [-0.1, -0.05) is 26.0 Å². The molecule has 0 aromatic heterocycles. The third-order valence-corrected chi connectivity index (χ3v) is 3.58. The summed E-state index contributed by atoms with van der Waals surface area (Å²) in [5, 5.41) is 19.6. The number of carboxylic acids is 1. The van der Waals surface area contributed by atoms with E-state index in [2.05, 4.69) is 5.48 Å². The molecule has 0 radical (unpaired) electrons. The van der Waals surface area contributed by atoms with Crippen LogP contribution in [-0.2, 0) is 4.84 Å². The maximum atomic E-state index is 12.1. The fourth-order valence-corrected chi connectivity index (χ4v) is 2.09. The van der Waals surface area contributed by atoms with Crippen molar-refractivity contribution in [2.75, 3.05) is 6.61 Å². The average molecular weight is 317 g/mol. The fourth-order valence-electron chi connectivity index (χ4n) is 2.09. The van der Waals surface area contributed by atoms with Crippen LogP contribution in [0.3, 0.4) is 0 Å². The number of aliphatic hydroxyl groups excluding tert-OH is 1. The molecule has 6 nitrogen and oxygen atoms in total. The second-order valence-electron chi connectivity index (χ2n) is 5.60. The number of nitrogens with one attached hydrogen (secondary N) is 1. The van der Waals surface area contributed by atoms with Crippen LogP contribution in [-0.4, -0.2) is 34.8 Å². The molecule has 2 aromatic rings. The number of carbonyl (C=O) groups excluding carboxylic acids is 1. The Hall–Kier alpha value is -2.44. The van der Waals surface area contributed by atoms with Gasteiger partial charge in [-0.05, 0) is 41.0 Å². The van der Waals surface area contributed by atoms with Crippen LogP contribution in [0.4, 0.5) is 0 Å². The van der Waals surface area contributed by atoms with Crippen molar-refractivity contribution >= 4 is 22.6 Å². The predicted molar refractivity (Wildman–Crippen MR) is 85.2 cm³/mol. The quantitative estimate of drug-likeness (QED) is 0.710. The molecule has 1 amide bonds. The monoisotopic (exact) mass is 317 g/mol. The van der Waals surface area contributed by atoms with Gasteiger partial charge in [0.25, 0.3) is 5.91 Å². The molecule has 0 heterocycles. The first-order valence-electron chi connectivity index (χ1n) is 7.26. The minimum atomic E-state index is -0.995. The van der Waals surface area contributed by atoms with E-state index in [4.69, 9.17) is 15.1 Å². The van der Waals surface area contributed by atoms with Gasteiger partial charge in [0, 0.05) is 5.56 Å². The topological polar surface area (TPSA) is 95.9 Å². The number of aliphatic hydroxyl groups is 1. The van der Waals surface area contributed by atoms with Crippen molar-refractivity contribution in [2.45, 2.75) is 20.0 Å². The van der Waals surface area contributed by atoms with Crippen molar-refractivity contribution in [3.05, 3.63) is 47.5 Å². The molecule has 3 N–H and O–H groups in total. The number of aromatic carboxylic acids is 1. The smallest absolute Gasteiger partial charge is 0.335 e. The molecule has 0 aliphatic rings. The molecule has 2 rings (SSSR count). The Morgan fingerprint density at radius 1 is 1.09 bits per heavy atom. The lowest BCUT2D eigenvalue weighted by atomic mass is 10.0. The van der Waals surface area contributed by atoms with Crippen molar-refractivity contribution in [2.24, 2.45) is 5.92 Å². The molecular formula is C17H19NO5. The first kappa shape index (κ1) is 16.9. The van der Waals surface area contributed by atoms with E-state index in [-0.39, 0.29) is 18.1 Å². The highest BCUT2D eigenvalue weighted by Crippen LogP contribution is 2.18. The number of carboxylic acid groups (broad SMARTS) is 1. The zero-order valence-corrected chi connectivity index (χ0v) is 12.9. The summed E-state index contributed by atoms with van der Waals surface area (Å²) >= 11 is 0. The second kappa shape index (κ2) is 7.21. The lowest BCUT2D eigenvalue weighted by molar-refractivity contribution is -0.0602. The largest absolute Gasteiger partial charge is 0.478 e. The van der Waals surface area contributed by atoms with Gasteiger partial charge in [-0.25, -0.2) is 10.3 Å². The van der Waals surface area contributed by atoms with E-state index in [0.29, 0.717) is 5.56 Å². The van der Waals surface area contributed by atoms with Crippen molar-refractivity contribution in [3.8, 4) is 0 Å². The number of hydrogen-bond donors (Lipinski definition) is 3. The van der Waals surface area contributed by atoms with Gasteiger partial charge in [-0.15, -0.1) is 0 Å². The Bertz CT molecular complexity index is 726. The van der Waals surface area contributed by atoms with E-state index in [9.17, 15) is 9.59 Å². The van der Waals surface area contributed by atoms with Crippen molar-refractivity contribution in [3.63, 3.8) is 0 Å². The first-order valence-corrected chi connectivity index (χ1v) is 7.26. The van der Waals surface area contributed by atoms with Crippen molar-refractivity contribution in [1.29, 1.82) is 0 Å². The number of carbonyl (C=O) groups is 2. The summed E-state index contributed by atoms with van der Waals surface area (Å²) in [5.41, 5.74) is 2.92. The van der Waals surface area contributed by atoms with Crippen LogP contribution >= 0.6 is 0 Å². The van der Waals surface area contributed by atoms with Crippen molar-refractivity contribution < 1.29 is 24.6 Å². The molecule has 122 valence electrons. The van der Waals surface area contributed by atoms with E-state index in [1.807, 2.05) is 13.8 Å². The zero-order valence-electron chi connectivity index (χ0n) is 12.9. The van der Waals surface area contributed by atoms with Crippen LogP contribution in [0.1, 0.15) is 34.6 Å². The summed E-state index contributed by atoms with van der Waals surface area (Å²) in [6.07, 6.45) is -0.475. The molecule has 0 aliphatic carbocycles. The van der Waals surface area contributed by atoms with E-state index >= 15 is 0 Å². The molecule has 0 bridgehead atoms. The Kier molecular flexibility index (Phi) is 5.31. The van der Waals surface area contributed by atoms with Crippen LogP contribution in [0.5, 0.6) is 0 Å². The van der Waals surface area contributed by atoms with E-state index in [0.717, 1.165) is 10.8 Å². The Balaban J connectivity index is 2.15. The standard InChI is InChI=1S/C17H19NO5/c1-10(2)15(9-19)23-18-16(20)13-5-3-12-8-14(17(21)22)6-4-11(12)7-13/h3-8,10,15,19H,9H2,1-2H3,(H,18,20)(H,21,22). The number of hydrogen-bond acceptors (Lipinski definition) is 4. The van der Waals surface area contributed by atoms with Gasteiger partial charge in [-0.3, -0.25) is 9.63 Å². The molecule has 0 saturated heterocycles. The highest BCUT2D eigenvalue weighted by Gasteiger charge is 2.15. The number of benzene rings is 2. The summed E-state index contributed by atoms with van der Waals surface area (Å²) in [4.78, 5) is 28.3. The fraction of sp³-hybridized carbons (Fsp3) is 0.294. The lowest BCUT2D eigenvalue weighted by Crippen LogP contribution is -2.34. The lowest BCUT2D eigenvalue weighted by Gasteiger charge is -2.18. The highest BCUT2D eigenvalue weighted by atomic mass is 16.7. The molecule has 0 saturated carbocycles. The molecule has 0 fully saturated rings. The normalized spacial score (nSPS) is 12.3. The number of amides is 1. The summed E-state index contributed by atoms with van der Waals surface area (Å²) < 4.78 is 0. The van der Waals surface area contributed by atoms with Gasteiger partial charge in [0.2, 0.25) is 0 Å². The minimum absolute atomic E-state index is 0.0614. The molecule has 0 aliphatic heterocycles. The predicted octanol–water partition coefficient (Wildman–Crippen LogP) is 2.22. The van der Waals surface area contributed by atoms with E-state index in [1.54, 1.807) is 30.3 Å². The molecule has 23 heavy (non-hydrogen) atoms. The zero-order chi connectivity index (χ0) is 17.0. The Morgan fingerprint density at radius 3 is 2.17 bits per heavy atom. The molecular weight excluding hydrogens is 298 g/mol.